The van der Waals surface area contributed by atoms with Crippen LogP contribution in [-0.4, -0.2) is 31.4 Å². The van der Waals surface area contributed by atoms with Gasteiger partial charge in [0.15, 0.2) is 0 Å². The van der Waals surface area contributed by atoms with Gasteiger partial charge in [0.05, 0.1) is 10.6 Å². The summed E-state index contributed by atoms with van der Waals surface area (Å²) >= 11 is 1.46. The Morgan fingerprint density at radius 2 is 2.15 bits per heavy atom. The van der Waals surface area contributed by atoms with Crippen molar-refractivity contribution in [1.82, 2.24) is 4.31 Å². The lowest BCUT2D eigenvalue weighted by Gasteiger charge is -2.19. The van der Waals surface area contributed by atoms with Gasteiger partial charge in [0.25, 0.3) is 5.91 Å². The van der Waals surface area contributed by atoms with E-state index in [0.717, 1.165) is 23.6 Å². The quantitative estimate of drug-likeness (QED) is 0.858. The molecule has 1 aliphatic rings. The van der Waals surface area contributed by atoms with Crippen molar-refractivity contribution in [2.24, 2.45) is 5.92 Å². The fourth-order valence-corrected chi connectivity index (χ4v) is 4.51. The van der Waals surface area contributed by atoms with E-state index in [0.29, 0.717) is 10.8 Å². The molecule has 4 nitrogen and oxygen atoms in total. The zero-order valence-electron chi connectivity index (χ0n) is 12.2. The molecule has 0 radical (unpaired) electrons. The van der Waals surface area contributed by atoms with E-state index in [-0.39, 0.29) is 5.75 Å². The molecule has 0 saturated heterocycles. The maximum Gasteiger partial charge on any atom is 0.277 e. The van der Waals surface area contributed by atoms with E-state index in [1.54, 1.807) is 6.92 Å². The van der Waals surface area contributed by atoms with Crippen molar-refractivity contribution >= 4 is 27.3 Å². The van der Waals surface area contributed by atoms with Gasteiger partial charge in [0, 0.05) is 11.9 Å². The van der Waals surface area contributed by atoms with Crippen LogP contribution in [0.25, 0.3) is 0 Å². The summed E-state index contributed by atoms with van der Waals surface area (Å²) in [4.78, 5) is 14.1. The minimum Gasteiger partial charge on any atom is -0.267 e. The third-order valence-electron chi connectivity index (χ3n) is 4.04. The summed E-state index contributed by atoms with van der Waals surface area (Å²) < 4.78 is 24.4. The van der Waals surface area contributed by atoms with Gasteiger partial charge in [-0.3, -0.25) is 4.79 Å². The van der Waals surface area contributed by atoms with Crippen LogP contribution in [0.3, 0.4) is 0 Å². The third-order valence-corrected chi connectivity index (χ3v) is 7.00. The Bertz CT molecular complexity index is 604. The number of amides is 1. The number of carbonyl (C=O) groups is 1. The van der Waals surface area contributed by atoms with Crippen LogP contribution >= 0.6 is 11.3 Å². The van der Waals surface area contributed by atoms with E-state index in [4.69, 9.17) is 0 Å². The summed E-state index contributed by atoms with van der Waals surface area (Å²) in [7, 11) is -2.13. The molecule has 1 aromatic heterocycles. The van der Waals surface area contributed by atoms with E-state index >= 15 is 0 Å². The predicted octanol–water partition coefficient (Wildman–Crippen LogP) is 2.68. The SMILES string of the molecule is CCC1CCc2sc(C(=O)N(C)S(=O)(=O)CC)cc2C1. The normalized spacial score (nSPS) is 18.6. The molecule has 6 heteroatoms. The zero-order chi connectivity index (χ0) is 14.9. The second-order valence-electron chi connectivity index (χ2n) is 5.25. The van der Waals surface area contributed by atoms with Gasteiger partial charge in [0.1, 0.15) is 0 Å². The number of thiophene rings is 1. The second kappa shape index (κ2) is 5.85. The molecule has 1 atom stereocenters. The van der Waals surface area contributed by atoms with Crippen LogP contribution < -0.4 is 0 Å². The van der Waals surface area contributed by atoms with Gasteiger partial charge in [-0.2, -0.15) is 0 Å². The Hall–Kier alpha value is -0.880. The lowest BCUT2D eigenvalue weighted by atomic mass is 9.87. The van der Waals surface area contributed by atoms with Crippen molar-refractivity contribution in [2.45, 2.75) is 39.5 Å². The maximum absolute atomic E-state index is 12.3. The largest absolute Gasteiger partial charge is 0.277 e. The first-order chi connectivity index (χ1) is 9.39. The fraction of sp³-hybridized carbons (Fsp3) is 0.643. The molecule has 0 aliphatic heterocycles. The van der Waals surface area contributed by atoms with Crippen LogP contribution in [0.15, 0.2) is 6.07 Å². The van der Waals surface area contributed by atoms with Crippen LogP contribution in [0.4, 0.5) is 0 Å². The Labute approximate surface area is 124 Å². The number of hydrogen-bond donors (Lipinski definition) is 0. The van der Waals surface area contributed by atoms with Crippen LogP contribution in [-0.2, 0) is 22.9 Å². The Morgan fingerprint density at radius 1 is 1.45 bits per heavy atom. The van der Waals surface area contributed by atoms with Crippen molar-refractivity contribution < 1.29 is 13.2 Å². The average molecular weight is 315 g/mol. The average Bonchev–Trinajstić information content (AvgIpc) is 2.88. The molecule has 1 aromatic rings. The Balaban J connectivity index is 2.23. The summed E-state index contributed by atoms with van der Waals surface area (Å²) in [6.07, 6.45) is 4.35. The molecule has 0 saturated carbocycles. The lowest BCUT2D eigenvalue weighted by Crippen LogP contribution is -2.33. The molecular weight excluding hydrogens is 294 g/mol. The van der Waals surface area contributed by atoms with Crippen molar-refractivity contribution in [3.63, 3.8) is 0 Å². The van der Waals surface area contributed by atoms with Gasteiger partial charge in [-0.15, -0.1) is 11.3 Å². The first kappa shape index (κ1) is 15.5. The van der Waals surface area contributed by atoms with Crippen LogP contribution in [0.5, 0.6) is 0 Å². The first-order valence-corrected chi connectivity index (χ1v) is 9.44. The van der Waals surface area contributed by atoms with Crippen molar-refractivity contribution in [2.75, 3.05) is 12.8 Å². The second-order valence-corrected chi connectivity index (χ2v) is 8.67. The number of aryl methyl sites for hydroxylation is 1. The van der Waals surface area contributed by atoms with E-state index < -0.39 is 15.9 Å². The summed E-state index contributed by atoms with van der Waals surface area (Å²) in [5.41, 5.74) is 1.23. The summed E-state index contributed by atoms with van der Waals surface area (Å²) in [6.45, 7) is 3.74. The molecule has 2 rings (SSSR count). The summed E-state index contributed by atoms with van der Waals surface area (Å²) in [5, 5.41) is 0. The maximum atomic E-state index is 12.3. The van der Waals surface area contributed by atoms with E-state index in [9.17, 15) is 13.2 Å². The van der Waals surface area contributed by atoms with Gasteiger partial charge in [-0.05, 0) is 43.7 Å². The summed E-state index contributed by atoms with van der Waals surface area (Å²) in [5.74, 6) is 0.231. The topological polar surface area (TPSA) is 54.5 Å². The van der Waals surface area contributed by atoms with Gasteiger partial charge < -0.3 is 0 Å². The Kier molecular flexibility index (Phi) is 4.54. The van der Waals surface area contributed by atoms with Gasteiger partial charge >= 0.3 is 0 Å². The van der Waals surface area contributed by atoms with E-state index in [2.05, 4.69) is 6.92 Å². The molecular formula is C14H21NO3S2. The minimum atomic E-state index is -3.47. The van der Waals surface area contributed by atoms with Crippen molar-refractivity contribution in [1.29, 1.82) is 0 Å². The fourth-order valence-electron chi connectivity index (χ4n) is 2.53. The molecule has 1 unspecified atom stereocenters. The van der Waals surface area contributed by atoms with Gasteiger partial charge in [-0.25, -0.2) is 12.7 Å². The number of rotatable bonds is 4. The van der Waals surface area contributed by atoms with Crippen molar-refractivity contribution in [3.8, 4) is 0 Å². The number of hydrogen-bond acceptors (Lipinski definition) is 4. The zero-order valence-corrected chi connectivity index (χ0v) is 13.8. The number of nitrogens with zero attached hydrogens (tertiary/aromatic N) is 1. The standard InChI is InChI=1S/C14H21NO3S2/c1-4-10-6-7-12-11(8-10)9-13(19-12)14(16)15(3)20(17,18)5-2/h9-10H,4-8H2,1-3H3. The molecule has 0 bridgehead atoms. The minimum absolute atomic E-state index is 0.0573. The molecule has 0 fully saturated rings. The number of carbonyl (C=O) groups excluding carboxylic acids is 1. The van der Waals surface area contributed by atoms with Gasteiger partial charge in [-0.1, -0.05) is 13.3 Å². The van der Waals surface area contributed by atoms with Crippen molar-refractivity contribution in [3.05, 3.63) is 21.4 Å². The number of sulfonamides is 1. The van der Waals surface area contributed by atoms with E-state index in [1.807, 2.05) is 6.07 Å². The van der Waals surface area contributed by atoms with Gasteiger partial charge in [0.2, 0.25) is 10.0 Å². The Morgan fingerprint density at radius 3 is 2.75 bits per heavy atom. The van der Waals surface area contributed by atoms with Crippen LogP contribution in [0, 0.1) is 5.92 Å². The monoisotopic (exact) mass is 315 g/mol. The first-order valence-electron chi connectivity index (χ1n) is 7.01. The van der Waals surface area contributed by atoms with E-state index in [1.165, 1.54) is 35.2 Å². The molecule has 1 aliphatic carbocycles. The van der Waals surface area contributed by atoms with Crippen LogP contribution in [0.2, 0.25) is 0 Å². The molecule has 20 heavy (non-hydrogen) atoms. The predicted molar refractivity (Wildman–Crippen MR) is 81.7 cm³/mol. The molecule has 0 aromatic carbocycles. The number of fused-ring (bicyclic) bond motifs is 1. The summed E-state index contributed by atoms with van der Waals surface area (Å²) in [6, 6.07) is 1.89. The van der Waals surface area contributed by atoms with Crippen LogP contribution in [0.1, 0.15) is 46.8 Å². The molecule has 112 valence electrons. The highest BCUT2D eigenvalue weighted by Crippen LogP contribution is 2.34. The molecule has 1 heterocycles. The smallest absolute Gasteiger partial charge is 0.267 e. The lowest BCUT2D eigenvalue weighted by molar-refractivity contribution is 0.0887. The third kappa shape index (κ3) is 2.91. The molecule has 1 amide bonds. The highest BCUT2D eigenvalue weighted by molar-refractivity contribution is 7.89. The highest BCUT2D eigenvalue weighted by atomic mass is 32.2. The molecule has 0 N–H and O–H groups in total. The molecule has 0 spiro atoms. The highest BCUT2D eigenvalue weighted by Gasteiger charge is 2.27.